The van der Waals surface area contributed by atoms with Gasteiger partial charge in [-0.2, -0.15) is 5.26 Å². The van der Waals surface area contributed by atoms with Crippen LogP contribution < -0.4 is 29.6 Å². The average Bonchev–Trinajstić information content (AvgIpc) is 2.26. The molecule has 0 fully saturated rings. The number of hydrogen-bond acceptors (Lipinski definition) is 5. The van der Waals surface area contributed by atoms with Gasteiger partial charge in [0.15, 0.2) is 0 Å². The van der Waals surface area contributed by atoms with Crippen LogP contribution >= 0.6 is 0 Å². The third kappa shape index (κ3) is 5.23. The van der Waals surface area contributed by atoms with Gasteiger partial charge in [-0.25, -0.2) is 13.2 Å². The van der Waals surface area contributed by atoms with Gasteiger partial charge in [0, 0.05) is 0 Å². The first-order chi connectivity index (χ1) is 8.55. The molecule has 0 radical (unpaired) electrons. The van der Waals surface area contributed by atoms with Crippen molar-refractivity contribution in [3.05, 3.63) is 34.9 Å². The molecule has 6 nitrogen and oxygen atoms in total. The molecular weight excluding hydrogens is 293 g/mol. The summed E-state index contributed by atoms with van der Waals surface area (Å²) in [5, 5.41) is 18.0. The minimum atomic E-state index is -4.51. The van der Waals surface area contributed by atoms with Gasteiger partial charge in [0.2, 0.25) is 0 Å². The number of hydrogen-bond donors (Lipinski definition) is 1. The number of rotatable bonds is 4. The molecule has 0 heterocycles. The molecule has 1 rings (SSSR count). The molecule has 1 aromatic carbocycles. The predicted molar refractivity (Wildman–Crippen MR) is 65.4 cm³/mol. The van der Waals surface area contributed by atoms with Crippen LogP contribution in [0, 0.1) is 11.3 Å². The second-order valence-corrected chi connectivity index (χ2v) is 6.07. The van der Waals surface area contributed by atoms with E-state index in [4.69, 9.17) is 10.4 Å². The van der Waals surface area contributed by atoms with E-state index < -0.39 is 27.3 Å². The van der Waals surface area contributed by atoms with Crippen molar-refractivity contribution in [1.82, 2.24) is 0 Å². The number of nitrogens with zero attached hydrogens (tertiary/aromatic N) is 1. The Morgan fingerprint density at radius 3 is 2.35 bits per heavy atom. The number of benzene rings is 1. The van der Waals surface area contributed by atoms with E-state index in [2.05, 4.69) is 0 Å². The molecule has 102 valence electrons. The van der Waals surface area contributed by atoms with Gasteiger partial charge >= 0.3 is 35.5 Å². The van der Waals surface area contributed by atoms with Crippen LogP contribution in [-0.2, 0) is 21.3 Å². The Morgan fingerprint density at radius 2 is 1.95 bits per heavy atom. The first-order valence-electron chi connectivity index (χ1n) is 5.28. The Bertz CT molecular complexity index is 661. The number of aromatic carboxylic acids is 1. The quantitative estimate of drug-likeness (QED) is 0.520. The summed E-state index contributed by atoms with van der Waals surface area (Å²) in [6.45, 7) is 3.15. The van der Waals surface area contributed by atoms with Crippen LogP contribution in [0.3, 0.4) is 0 Å². The number of carboxylic acid groups (broad SMARTS) is 1. The number of carboxylic acids is 1. The minimum absolute atomic E-state index is 0. The van der Waals surface area contributed by atoms with E-state index in [0.717, 1.165) is 6.07 Å². The average molecular weight is 305 g/mol. The molecule has 0 unspecified atom stereocenters. The molecule has 0 bridgehead atoms. The van der Waals surface area contributed by atoms with Gasteiger partial charge in [-0.3, -0.25) is 0 Å². The first-order valence-corrected chi connectivity index (χ1v) is 6.85. The summed E-state index contributed by atoms with van der Waals surface area (Å²) in [5.74, 6) is -2.05. The Balaban J connectivity index is 0.00000361. The summed E-state index contributed by atoms with van der Waals surface area (Å²) in [5.41, 5.74) is -0.714. The van der Waals surface area contributed by atoms with Crippen molar-refractivity contribution in [3.8, 4) is 6.07 Å². The predicted octanol–water partition coefficient (Wildman–Crippen LogP) is -1.76. The Labute approximate surface area is 139 Å². The molecule has 0 aliphatic carbocycles. The molecule has 1 aromatic rings. The molecule has 1 N–H and O–H groups in total. The maximum atomic E-state index is 11.0. The topological polar surface area (TPSA) is 118 Å². The van der Waals surface area contributed by atoms with Crippen LogP contribution in [0.2, 0.25) is 0 Å². The smallest absolute Gasteiger partial charge is 0.748 e. The zero-order chi connectivity index (χ0) is 14.8. The summed E-state index contributed by atoms with van der Waals surface area (Å²) in [4.78, 5) is 11.0. The molecule has 8 heteroatoms. The molecule has 0 spiro atoms. The first kappa shape index (κ1) is 19.1. The normalized spacial score (nSPS) is 11.3. The summed E-state index contributed by atoms with van der Waals surface area (Å²) in [7, 11) is -4.51. The summed E-state index contributed by atoms with van der Waals surface area (Å²) < 4.78 is 32.2. The number of nitriles is 1. The van der Waals surface area contributed by atoms with Gasteiger partial charge in [-0.05, 0) is 37.1 Å². The van der Waals surface area contributed by atoms with Crippen molar-refractivity contribution in [3.63, 3.8) is 0 Å². The Morgan fingerprint density at radius 1 is 1.40 bits per heavy atom. The fourth-order valence-corrected chi connectivity index (χ4v) is 2.10. The Kier molecular flexibility index (Phi) is 6.39. The van der Waals surface area contributed by atoms with Gasteiger partial charge in [0.05, 0.1) is 32.9 Å². The molecule has 0 aromatic heterocycles. The van der Waals surface area contributed by atoms with Crippen LogP contribution in [-0.4, -0.2) is 24.0 Å². The van der Waals surface area contributed by atoms with Crippen molar-refractivity contribution in [1.29, 1.82) is 5.26 Å². The van der Waals surface area contributed by atoms with E-state index in [1.165, 1.54) is 12.1 Å². The van der Waals surface area contributed by atoms with Gasteiger partial charge in [0.25, 0.3) is 0 Å². The fraction of sp³-hybridized carbons (Fsp3) is 0.333. The van der Waals surface area contributed by atoms with Crippen molar-refractivity contribution < 1.29 is 52.4 Å². The zero-order valence-corrected chi connectivity index (χ0v) is 14.2. The van der Waals surface area contributed by atoms with Gasteiger partial charge in [-0.1, -0.05) is 6.07 Å². The second kappa shape index (κ2) is 6.70. The van der Waals surface area contributed by atoms with Crippen LogP contribution in [0.15, 0.2) is 18.2 Å². The minimum Gasteiger partial charge on any atom is -0.748 e. The standard InChI is InChI=1S/C12H13NO5S.Na/c1-12(2,7-13)10-4-8(6-19(16,17)18)3-9(5-10)11(14)15;/h3-5H,6H2,1-2H3,(H,14,15)(H,16,17,18);/q;+1/p-1. The van der Waals surface area contributed by atoms with Crippen molar-refractivity contribution >= 4 is 16.1 Å². The largest absolute Gasteiger partial charge is 1.00 e. The summed E-state index contributed by atoms with van der Waals surface area (Å²) in [6.07, 6.45) is 0. The van der Waals surface area contributed by atoms with Crippen LogP contribution in [0.1, 0.15) is 35.3 Å². The van der Waals surface area contributed by atoms with E-state index in [-0.39, 0.29) is 40.7 Å². The van der Waals surface area contributed by atoms with E-state index in [0.29, 0.717) is 5.56 Å². The third-order valence-corrected chi connectivity index (χ3v) is 3.27. The van der Waals surface area contributed by atoms with E-state index in [1.807, 2.05) is 6.07 Å². The van der Waals surface area contributed by atoms with Gasteiger partial charge < -0.3 is 9.66 Å². The maximum absolute atomic E-state index is 11.0. The number of carbonyl (C=O) groups is 1. The second-order valence-electron chi connectivity index (χ2n) is 4.66. The van der Waals surface area contributed by atoms with E-state index in [9.17, 15) is 17.8 Å². The van der Waals surface area contributed by atoms with E-state index >= 15 is 0 Å². The summed E-state index contributed by atoms with van der Waals surface area (Å²) >= 11 is 0. The van der Waals surface area contributed by atoms with Crippen molar-refractivity contribution in [2.45, 2.75) is 25.0 Å². The molecule has 0 atom stereocenters. The molecule has 0 saturated heterocycles. The molecule has 0 saturated carbocycles. The van der Waals surface area contributed by atoms with Gasteiger partial charge in [0.1, 0.15) is 0 Å². The molecule has 0 aliphatic rings. The molecule has 0 aliphatic heterocycles. The van der Waals surface area contributed by atoms with Crippen LogP contribution in [0.25, 0.3) is 0 Å². The van der Waals surface area contributed by atoms with Crippen molar-refractivity contribution in [2.24, 2.45) is 0 Å². The van der Waals surface area contributed by atoms with Crippen molar-refractivity contribution in [2.75, 3.05) is 0 Å². The molecular formula is C12H12NNaO5S. The van der Waals surface area contributed by atoms with Crippen LogP contribution in [0.4, 0.5) is 0 Å². The van der Waals surface area contributed by atoms with E-state index in [1.54, 1.807) is 13.8 Å². The summed E-state index contributed by atoms with van der Waals surface area (Å²) in [6, 6.07) is 5.78. The third-order valence-electron chi connectivity index (χ3n) is 2.58. The fourth-order valence-electron chi connectivity index (χ4n) is 1.53. The Hall–Kier alpha value is -0.910. The maximum Gasteiger partial charge on any atom is 1.00 e. The van der Waals surface area contributed by atoms with Gasteiger partial charge in [-0.15, -0.1) is 0 Å². The zero-order valence-electron chi connectivity index (χ0n) is 11.4. The monoisotopic (exact) mass is 305 g/mol. The van der Waals surface area contributed by atoms with Crippen LogP contribution in [0.5, 0.6) is 0 Å². The molecule has 0 amide bonds. The SMILES string of the molecule is CC(C)(C#N)c1cc(CS(=O)(=O)[O-])cc(C(=O)O)c1.[Na+]. The molecule has 20 heavy (non-hydrogen) atoms.